The number of urea groups is 1. The molecule has 1 fully saturated rings. The number of aryl methyl sites for hydroxylation is 1. The van der Waals surface area contributed by atoms with Gasteiger partial charge in [0, 0.05) is 8.95 Å². The van der Waals surface area contributed by atoms with Gasteiger partial charge >= 0.3 is 6.03 Å². The summed E-state index contributed by atoms with van der Waals surface area (Å²) in [6.07, 6.45) is 2.21. The predicted molar refractivity (Wildman–Crippen MR) is 112 cm³/mol. The number of halogens is 2. The molecule has 1 aliphatic carbocycles. The molecule has 4 rings (SSSR count). The van der Waals surface area contributed by atoms with Crippen LogP contribution in [0.3, 0.4) is 0 Å². The fourth-order valence-electron chi connectivity index (χ4n) is 3.88. The van der Waals surface area contributed by atoms with Crippen LogP contribution in [0.1, 0.15) is 24.0 Å². The molecule has 6 nitrogen and oxygen atoms in total. The van der Waals surface area contributed by atoms with Crippen LogP contribution >= 0.6 is 31.9 Å². The van der Waals surface area contributed by atoms with Crippen molar-refractivity contribution in [2.75, 3.05) is 11.9 Å². The Morgan fingerprint density at radius 3 is 2.75 bits per heavy atom. The number of nitrogens with one attached hydrogen (secondary N) is 2. The number of imide groups is 1. The zero-order valence-electron chi connectivity index (χ0n) is 14.8. The van der Waals surface area contributed by atoms with Crippen molar-refractivity contribution in [3.05, 3.63) is 62.5 Å². The third-order valence-electron chi connectivity index (χ3n) is 5.16. The zero-order chi connectivity index (χ0) is 19.9. The molecule has 4 amide bonds. The maximum Gasteiger partial charge on any atom is 0.325 e. The molecule has 28 heavy (non-hydrogen) atoms. The van der Waals surface area contributed by atoms with E-state index >= 15 is 0 Å². The minimum atomic E-state index is -1.07. The van der Waals surface area contributed by atoms with E-state index in [0.29, 0.717) is 16.6 Å². The Bertz CT molecular complexity index is 994. The summed E-state index contributed by atoms with van der Waals surface area (Å²) in [5.74, 6) is -0.803. The Hall–Kier alpha value is -2.19. The van der Waals surface area contributed by atoms with E-state index in [9.17, 15) is 14.4 Å². The van der Waals surface area contributed by atoms with Crippen molar-refractivity contribution in [2.45, 2.75) is 24.8 Å². The number of benzene rings is 2. The Morgan fingerprint density at radius 1 is 1.18 bits per heavy atom. The van der Waals surface area contributed by atoms with Gasteiger partial charge in [-0.1, -0.05) is 40.2 Å². The number of anilines is 1. The van der Waals surface area contributed by atoms with Crippen LogP contribution in [-0.2, 0) is 21.5 Å². The predicted octanol–water partition coefficient (Wildman–Crippen LogP) is 3.93. The van der Waals surface area contributed by atoms with Gasteiger partial charge < -0.3 is 10.6 Å². The molecule has 1 spiro atoms. The van der Waals surface area contributed by atoms with Crippen molar-refractivity contribution >= 4 is 55.4 Å². The number of nitrogens with zero attached hydrogens (tertiary/aromatic N) is 1. The summed E-state index contributed by atoms with van der Waals surface area (Å²) >= 11 is 6.74. The summed E-state index contributed by atoms with van der Waals surface area (Å²) < 4.78 is 1.56. The van der Waals surface area contributed by atoms with Crippen LogP contribution in [0.5, 0.6) is 0 Å². The Kier molecular flexibility index (Phi) is 5.01. The standard InChI is InChI=1S/C20H17Br2N3O3/c21-13-7-8-16(15(22)10-13)23-17(26)11-25-18(27)20(24-19(25)28)9-3-5-12-4-1-2-6-14(12)20/h1-2,4,6-8,10H,3,5,9,11H2,(H,23,26)(H,24,28). The van der Waals surface area contributed by atoms with E-state index in [1.807, 2.05) is 24.3 Å². The van der Waals surface area contributed by atoms with Gasteiger partial charge in [0.15, 0.2) is 0 Å². The van der Waals surface area contributed by atoms with Gasteiger partial charge in [-0.25, -0.2) is 4.79 Å². The maximum atomic E-state index is 13.2. The lowest BCUT2D eigenvalue weighted by molar-refractivity contribution is -0.134. The second-order valence-electron chi connectivity index (χ2n) is 6.91. The number of rotatable bonds is 3. The molecule has 2 N–H and O–H groups in total. The van der Waals surface area contributed by atoms with Gasteiger partial charge in [0.1, 0.15) is 12.1 Å². The Balaban J connectivity index is 1.55. The minimum Gasteiger partial charge on any atom is -0.323 e. The molecule has 0 aromatic heterocycles. The number of hydrogen-bond donors (Lipinski definition) is 2. The Labute approximate surface area is 178 Å². The van der Waals surface area contributed by atoms with Crippen LogP contribution in [0.2, 0.25) is 0 Å². The lowest BCUT2D eigenvalue weighted by Crippen LogP contribution is -2.47. The normalized spacial score (nSPS) is 20.9. The molecular formula is C20H17Br2N3O3. The van der Waals surface area contributed by atoms with Crippen molar-refractivity contribution in [3.8, 4) is 0 Å². The SMILES string of the molecule is O=C(CN1C(=O)NC2(CCCc3ccccc32)C1=O)Nc1ccc(Br)cc1Br. The number of amides is 4. The molecule has 0 radical (unpaired) electrons. The van der Waals surface area contributed by atoms with Gasteiger partial charge in [-0.05, 0) is 64.5 Å². The van der Waals surface area contributed by atoms with Gasteiger partial charge in [-0.2, -0.15) is 0 Å². The number of hydrogen-bond acceptors (Lipinski definition) is 3. The first-order valence-corrected chi connectivity index (χ1v) is 10.5. The third-order valence-corrected chi connectivity index (χ3v) is 6.31. The van der Waals surface area contributed by atoms with E-state index in [0.717, 1.165) is 33.3 Å². The highest BCUT2D eigenvalue weighted by atomic mass is 79.9. The quantitative estimate of drug-likeness (QED) is 0.619. The molecule has 0 bridgehead atoms. The van der Waals surface area contributed by atoms with Crippen LogP contribution in [0, 0.1) is 0 Å². The van der Waals surface area contributed by atoms with Gasteiger partial charge in [-0.3, -0.25) is 14.5 Å². The van der Waals surface area contributed by atoms with Crippen molar-refractivity contribution in [1.29, 1.82) is 0 Å². The van der Waals surface area contributed by atoms with E-state index < -0.39 is 17.5 Å². The fourth-order valence-corrected chi connectivity index (χ4v) is 5.03. The zero-order valence-corrected chi connectivity index (χ0v) is 18.0. The van der Waals surface area contributed by atoms with Crippen molar-refractivity contribution in [2.24, 2.45) is 0 Å². The molecule has 8 heteroatoms. The average Bonchev–Trinajstić information content (AvgIpc) is 2.89. The maximum absolute atomic E-state index is 13.2. The molecule has 1 saturated heterocycles. The third kappa shape index (κ3) is 3.24. The van der Waals surface area contributed by atoms with E-state index in [1.54, 1.807) is 18.2 Å². The highest BCUT2D eigenvalue weighted by molar-refractivity contribution is 9.11. The van der Waals surface area contributed by atoms with E-state index in [2.05, 4.69) is 42.5 Å². The van der Waals surface area contributed by atoms with Crippen LogP contribution in [0.15, 0.2) is 51.4 Å². The van der Waals surface area contributed by atoms with Crippen LogP contribution in [0.4, 0.5) is 10.5 Å². The van der Waals surface area contributed by atoms with Crippen LogP contribution in [-0.4, -0.2) is 29.3 Å². The molecule has 1 heterocycles. The molecule has 1 atom stereocenters. The lowest BCUT2D eigenvalue weighted by atomic mass is 9.76. The van der Waals surface area contributed by atoms with E-state index in [4.69, 9.17) is 0 Å². The monoisotopic (exact) mass is 505 g/mol. The summed E-state index contributed by atoms with van der Waals surface area (Å²) in [6, 6.07) is 12.5. The second kappa shape index (κ2) is 7.33. The summed E-state index contributed by atoms with van der Waals surface area (Å²) in [5, 5.41) is 5.59. The lowest BCUT2D eigenvalue weighted by Gasteiger charge is -2.33. The highest BCUT2D eigenvalue weighted by Crippen LogP contribution is 2.39. The molecule has 1 unspecified atom stereocenters. The van der Waals surface area contributed by atoms with E-state index in [1.165, 1.54) is 0 Å². The first-order chi connectivity index (χ1) is 13.4. The first kappa shape index (κ1) is 19.1. The molecule has 2 aromatic carbocycles. The summed E-state index contributed by atoms with van der Waals surface area (Å²) in [4.78, 5) is 39.3. The van der Waals surface area contributed by atoms with Gasteiger partial charge in [0.2, 0.25) is 5.91 Å². The Morgan fingerprint density at radius 2 is 1.96 bits per heavy atom. The number of fused-ring (bicyclic) bond motifs is 2. The molecule has 1 aliphatic heterocycles. The highest BCUT2D eigenvalue weighted by Gasteiger charge is 2.54. The van der Waals surface area contributed by atoms with E-state index in [-0.39, 0.29) is 12.5 Å². The molecular weight excluding hydrogens is 490 g/mol. The summed E-state index contributed by atoms with van der Waals surface area (Å²) in [6.45, 7) is -0.336. The molecule has 2 aromatic rings. The van der Waals surface area contributed by atoms with Crippen LogP contribution < -0.4 is 10.6 Å². The minimum absolute atomic E-state index is 0.336. The molecule has 144 valence electrons. The van der Waals surface area contributed by atoms with Crippen molar-refractivity contribution in [3.63, 3.8) is 0 Å². The van der Waals surface area contributed by atoms with Crippen molar-refractivity contribution < 1.29 is 14.4 Å². The second-order valence-corrected chi connectivity index (χ2v) is 8.68. The van der Waals surface area contributed by atoms with Gasteiger partial charge in [0.05, 0.1) is 5.69 Å². The number of carbonyl (C=O) groups excluding carboxylic acids is 3. The summed E-state index contributed by atoms with van der Waals surface area (Å²) in [7, 11) is 0. The molecule has 0 saturated carbocycles. The summed E-state index contributed by atoms with van der Waals surface area (Å²) in [5.41, 5.74) is 1.40. The fraction of sp³-hybridized carbons (Fsp3) is 0.250. The van der Waals surface area contributed by atoms with Crippen molar-refractivity contribution in [1.82, 2.24) is 10.2 Å². The number of carbonyl (C=O) groups is 3. The van der Waals surface area contributed by atoms with Gasteiger partial charge in [0.25, 0.3) is 5.91 Å². The largest absolute Gasteiger partial charge is 0.325 e. The average molecular weight is 507 g/mol. The topological polar surface area (TPSA) is 78.5 Å². The smallest absolute Gasteiger partial charge is 0.323 e. The van der Waals surface area contributed by atoms with Crippen LogP contribution in [0.25, 0.3) is 0 Å². The molecule has 2 aliphatic rings. The van der Waals surface area contributed by atoms with Gasteiger partial charge in [-0.15, -0.1) is 0 Å². The first-order valence-electron chi connectivity index (χ1n) is 8.88.